The van der Waals surface area contributed by atoms with Crippen LogP contribution in [0.2, 0.25) is 0 Å². The van der Waals surface area contributed by atoms with Gasteiger partial charge in [-0.05, 0) is 25.3 Å². The van der Waals surface area contributed by atoms with Gasteiger partial charge >= 0.3 is 0 Å². The molecule has 6 nitrogen and oxygen atoms in total. The first-order valence-electron chi connectivity index (χ1n) is 8.83. The maximum Gasteiger partial charge on any atom is 0.176 e. The molecule has 0 unspecified atom stereocenters. The van der Waals surface area contributed by atoms with Gasteiger partial charge in [0.15, 0.2) is 5.82 Å². The molecule has 3 heterocycles. The van der Waals surface area contributed by atoms with Crippen molar-refractivity contribution in [1.29, 1.82) is 0 Å². The zero-order valence-corrected chi connectivity index (χ0v) is 14.4. The number of fused-ring (bicyclic) bond motifs is 2. The molecule has 2 atom stereocenters. The molecule has 0 fully saturated rings. The van der Waals surface area contributed by atoms with E-state index in [0.717, 1.165) is 49.4 Å². The average Bonchev–Trinajstić information content (AvgIpc) is 2.89. The van der Waals surface area contributed by atoms with E-state index in [1.165, 1.54) is 12.1 Å². The van der Waals surface area contributed by atoms with Crippen LogP contribution in [0.5, 0.6) is 5.75 Å². The minimum absolute atomic E-state index is 0.173. The summed E-state index contributed by atoms with van der Waals surface area (Å²) in [5.41, 5.74) is 1.04. The first-order chi connectivity index (χ1) is 12.2. The molecular weight excluding hydrogens is 323 g/mol. The molecule has 0 aliphatic carbocycles. The standard InChI is InChI=1S/C18H23FN4O2/c1-24-11-17-21-18-7-5-13(10-23(18)22-17)20-15-3-2-8-25-16-9-12(19)4-6-14(15)16/h4,6,9,13,15,20H,2-3,5,7-8,10-11H2,1H3/t13-,15-/m1/s1. The van der Waals surface area contributed by atoms with Gasteiger partial charge in [-0.15, -0.1) is 0 Å². The van der Waals surface area contributed by atoms with E-state index in [4.69, 9.17) is 9.47 Å². The fourth-order valence-electron chi connectivity index (χ4n) is 3.69. The smallest absolute Gasteiger partial charge is 0.176 e. The predicted molar refractivity (Wildman–Crippen MR) is 89.8 cm³/mol. The lowest BCUT2D eigenvalue weighted by atomic mass is 9.99. The molecule has 134 valence electrons. The number of aryl methyl sites for hydroxylation is 1. The molecule has 25 heavy (non-hydrogen) atoms. The first kappa shape index (κ1) is 16.5. The van der Waals surface area contributed by atoms with Crippen molar-refractivity contribution < 1.29 is 13.9 Å². The highest BCUT2D eigenvalue weighted by Crippen LogP contribution is 2.33. The van der Waals surface area contributed by atoms with Crippen molar-refractivity contribution in [2.75, 3.05) is 13.7 Å². The minimum Gasteiger partial charge on any atom is -0.493 e. The Morgan fingerprint density at radius 1 is 1.40 bits per heavy atom. The molecule has 7 heteroatoms. The first-order valence-corrected chi connectivity index (χ1v) is 8.83. The fraction of sp³-hybridized carbons (Fsp3) is 0.556. The van der Waals surface area contributed by atoms with Crippen LogP contribution in [-0.4, -0.2) is 34.5 Å². The molecule has 0 spiro atoms. The normalized spacial score (nSPS) is 22.6. The number of hydrogen-bond donors (Lipinski definition) is 1. The van der Waals surface area contributed by atoms with Crippen LogP contribution >= 0.6 is 0 Å². The van der Waals surface area contributed by atoms with Gasteiger partial charge in [0.05, 0.1) is 13.2 Å². The third kappa shape index (κ3) is 3.52. The van der Waals surface area contributed by atoms with E-state index >= 15 is 0 Å². The van der Waals surface area contributed by atoms with E-state index in [1.807, 2.05) is 10.7 Å². The summed E-state index contributed by atoms with van der Waals surface area (Å²) in [5, 5.41) is 8.26. The highest BCUT2D eigenvalue weighted by atomic mass is 19.1. The van der Waals surface area contributed by atoms with Gasteiger partial charge in [-0.2, -0.15) is 5.10 Å². The average molecular weight is 346 g/mol. The second-order valence-electron chi connectivity index (χ2n) is 6.69. The lowest BCUT2D eigenvalue weighted by molar-refractivity contribution is 0.177. The highest BCUT2D eigenvalue weighted by molar-refractivity contribution is 5.37. The molecule has 4 rings (SSSR count). The van der Waals surface area contributed by atoms with Gasteiger partial charge in [0.25, 0.3) is 0 Å². The molecule has 0 bridgehead atoms. The number of nitrogens with zero attached hydrogens (tertiary/aromatic N) is 3. The van der Waals surface area contributed by atoms with Gasteiger partial charge < -0.3 is 14.8 Å². The summed E-state index contributed by atoms with van der Waals surface area (Å²) in [6.45, 7) is 1.86. The van der Waals surface area contributed by atoms with Crippen LogP contribution in [0.3, 0.4) is 0 Å². The van der Waals surface area contributed by atoms with Crippen molar-refractivity contribution in [2.45, 2.75) is 50.9 Å². The molecule has 2 aliphatic heterocycles. The van der Waals surface area contributed by atoms with Crippen molar-refractivity contribution >= 4 is 0 Å². The Morgan fingerprint density at radius 2 is 2.32 bits per heavy atom. The SMILES string of the molecule is COCc1nc2n(n1)C[C@H](N[C@@H]1CCCOc3cc(F)ccc31)CC2. The lowest BCUT2D eigenvalue weighted by Crippen LogP contribution is -2.40. The molecule has 0 saturated heterocycles. The molecule has 0 saturated carbocycles. The summed E-state index contributed by atoms with van der Waals surface area (Å²) < 4.78 is 26.3. The summed E-state index contributed by atoms with van der Waals surface area (Å²) in [6, 6.07) is 5.32. The van der Waals surface area contributed by atoms with Crippen LogP contribution in [0.1, 0.15) is 42.5 Å². The summed E-state index contributed by atoms with van der Waals surface area (Å²) in [7, 11) is 1.65. The fourth-order valence-corrected chi connectivity index (χ4v) is 3.69. The van der Waals surface area contributed by atoms with Crippen LogP contribution in [0.25, 0.3) is 0 Å². The molecule has 1 aromatic heterocycles. The van der Waals surface area contributed by atoms with Crippen molar-refractivity contribution in [3.63, 3.8) is 0 Å². The Morgan fingerprint density at radius 3 is 3.20 bits per heavy atom. The Bertz CT molecular complexity index is 749. The topological polar surface area (TPSA) is 61.2 Å². The number of halogens is 1. The largest absolute Gasteiger partial charge is 0.493 e. The number of methoxy groups -OCH3 is 1. The summed E-state index contributed by atoms with van der Waals surface area (Å²) in [6.07, 6.45) is 3.84. The van der Waals surface area contributed by atoms with Crippen molar-refractivity contribution in [2.24, 2.45) is 0 Å². The summed E-state index contributed by atoms with van der Waals surface area (Å²) in [4.78, 5) is 4.52. The van der Waals surface area contributed by atoms with E-state index in [0.29, 0.717) is 25.0 Å². The summed E-state index contributed by atoms with van der Waals surface area (Å²) >= 11 is 0. The number of benzene rings is 1. The van der Waals surface area contributed by atoms with E-state index in [9.17, 15) is 4.39 Å². The number of ether oxygens (including phenoxy) is 2. The Labute approximate surface area is 146 Å². The van der Waals surface area contributed by atoms with Crippen LogP contribution in [0, 0.1) is 5.82 Å². The number of aromatic nitrogens is 3. The quantitative estimate of drug-likeness (QED) is 0.921. The Hall–Kier alpha value is -1.99. The van der Waals surface area contributed by atoms with Gasteiger partial charge in [0, 0.05) is 37.2 Å². The van der Waals surface area contributed by atoms with E-state index in [-0.39, 0.29) is 11.9 Å². The van der Waals surface area contributed by atoms with Crippen LogP contribution in [0.4, 0.5) is 4.39 Å². The third-order valence-electron chi connectivity index (χ3n) is 4.86. The second kappa shape index (κ2) is 7.09. The van der Waals surface area contributed by atoms with Gasteiger partial charge in [0.1, 0.15) is 24.0 Å². The summed E-state index contributed by atoms with van der Waals surface area (Å²) in [5.74, 6) is 2.17. The number of nitrogens with one attached hydrogen (secondary N) is 1. The second-order valence-corrected chi connectivity index (χ2v) is 6.69. The highest BCUT2D eigenvalue weighted by Gasteiger charge is 2.27. The lowest BCUT2D eigenvalue weighted by Gasteiger charge is -2.28. The van der Waals surface area contributed by atoms with Gasteiger partial charge in [0.2, 0.25) is 0 Å². The molecule has 1 aromatic carbocycles. The van der Waals surface area contributed by atoms with Gasteiger partial charge in [-0.1, -0.05) is 6.07 Å². The van der Waals surface area contributed by atoms with Crippen molar-refractivity contribution in [3.8, 4) is 5.75 Å². The molecule has 2 aromatic rings. The molecule has 1 N–H and O–H groups in total. The van der Waals surface area contributed by atoms with E-state index in [2.05, 4.69) is 15.4 Å². The molecule has 0 amide bonds. The van der Waals surface area contributed by atoms with Crippen molar-refractivity contribution in [1.82, 2.24) is 20.1 Å². The maximum absolute atomic E-state index is 13.5. The van der Waals surface area contributed by atoms with Crippen LogP contribution < -0.4 is 10.1 Å². The van der Waals surface area contributed by atoms with Crippen molar-refractivity contribution in [3.05, 3.63) is 41.2 Å². The molecule has 2 aliphatic rings. The zero-order valence-electron chi connectivity index (χ0n) is 14.4. The van der Waals surface area contributed by atoms with Gasteiger partial charge in [-0.3, -0.25) is 0 Å². The van der Waals surface area contributed by atoms with E-state index in [1.54, 1.807) is 7.11 Å². The van der Waals surface area contributed by atoms with Crippen LogP contribution in [0.15, 0.2) is 18.2 Å². The Balaban J connectivity index is 1.49. The number of rotatable bonds is 4. The van der Waals surface area contributed by atoms with E-state index < -0.39 is 0 Å². The third-order valence-corrected chi connectivity index (χ3v) is 4.86. The monoisotopic (exact) mass is 346 g/mol. The molecule has 0 radical (unpaired) electrons. The predicted octanol–water partition coefficient (Wildman–Crippen LogP) is 2.38. The van der Waals surface area contributed by atoms with Gasteiger partial charge in [-0.25, -0.2) is 14.1 Å². The minimum atomic E-state index is -0.255. The zero-order chi connectivity index (χ0) is 17.2. The van der Waals surface area contributed by atoms with Crippen LogP contribution in [-0.2, 0) is 24.3 Å². The maximum atomic E-state index is 13.5. The Kier molecular flexibility index (Phi) is 4.67. The molecular formula is C18H23FN4O2. The number of hydrogen-bond acceptors (Lipinski definition) is 5.